The average Bonchev–Trinajstić information content (AvgIpc) is 3.53. The van der Waals surface area contributed by atoms with Gasteiger partial charge in [0, 0.05) is 0 Å². The van der Waals surface area contributed by atoms with E-state index < -0.39 is 45.0 Å². The lowest BCUT2D eigenvalue weighted by Gasteiger charge is -2.30. The van der Waals surface area contributed by atoms with E-state index in [0.29, 0.717) is 11.5 Å². The molecule has 4 atom stereocenters. The van der Waals surface area contributed by atoms with Crippen LogP contribution >= 0.6 is 7.82 Å². The number of phosphoric acid groups is 1. The maximum absolute atomic E-state index is 15.6. The number of ether oxygens (including phenoxy) is 3. The topological polar surface area (TPSA) is 162 Å². The first-order valence-electron chi connectivity index (χ1n) is 12.2. The summed E-state index contributed by atoms with van der Waals surface area (Å²) in [5, 5.41) is 10.7. The number of phosphoric ester groups is 1. The van der Waals surface area contributed by atoms with Crippen LogP contribution in [0, 0.1) is 0 Å². The highest BCUT2D eigenvalue weighted by Crippen LogP contribution is 2.53. The maximum Gasteiger partial charge on any atom is 0.587 e. The highest BCUT2D eigenvalue weighted by molar-refractivity contribution is 7.49. The largest absolute Gasteiger partial charge is 0.587 e. The summed E-state index contributed by atoms with van der Waals surface area (Å²) in [6, 6.07) is 11.4. The summed E-state index contributed by atoms with van der Waals surface area (Å²) < 4.78 is 91.5. The Bertz CT molecular complexity index is 1530. The van der Waals surface area contributed by atoms with Crippen LogP contribution in [0.2, 0.25) is 0 Å². The number of nitrogens with two attached hydrogens (primary N) is 1. The van der Waals surface area contributed by atoms with Gasteiger partial charge in [0.05, 0.1) is 27.2 Å². The van der Waals surface area contributed by atoms with Gasteiger partial charge in [0.15, 0.2) is 29.5 Å². The van der Waals surface area contributed by atoms with Gasteiger partial charge in [-0.15, -0.1) is 0 Å². The fourth-order valence-corrected chi connectivity index (χ4v) is 5.46. The minimum atomic E-state index is -4.82. The maximum atomic E-state index is 15.6. The minimum absolute atomic E-state index is 0.00100. The van der Waals surface area contributed by atoms with Crippen molar-refractivity contribution >= 4 is 24.8 Å². The van der Waals surface area contributed by atoms with Crippen LogP contribution in [0.1, 0.15) is 6.23 Å². The van der Waals surface area contributed by atoms with Crippen molar-refractivity contribution in [1.29, 1.82) is 0 Å². The van der Waals surface area contributed by atoms with Gasteiger partial charge in [0.25, 0.3) is 6.43 Å². The van der Waals surface area contributed by atoms with Crippen LogP contribution in [0.3, 0.4) is 0 Å². The van der Waals surface area contributed by atoms with Crippen LogP contribution in [0.15, 0.2) is 61.2 Å². The van der Waals surface area contributed by atoms with Gasteiger partial charge in [0.2, 0.25) is 0 Å². The molecule has 1 fully saturated rings. The summed E-state index contributed by atoms with van der Waals surface area (Å²) in [6.45, 7) is -1.35. The Morgan fingerprint density at radius 2 is 1.55 bits per heavy atom. The van der Waals surface area contributed by atoms with E-state index in [1.54, 1.807) is 0 Å². The van der Waals surface area contributed by atoms with E-state index in [1.165, 1.54) is 62.8 Å². The molecule has 42 heavy (non-hydrogen) atoms. The Balaban J connectivity index is 1.44. The normalized spacial score (nSPS) is 22.4. The third-order valence-corrected chi connectivity index (χ3v) is 7.75. The van der Waals surface area contributed by atoms with E-state index in [4.69, 9.17) is 33.5 Å². The zero-order valence-corrected chi connectivity index (χ0v) is 22.9. The zero-order chi connectivity index (χ0) is 30.1. The molecule has 5 rings (SSSR count). The summed E-state index contributed by atoms with van der Waals surface area (Å²) in [4.78, 5) is 11.8. The van der Waals surface area contributed by atoms with E-state index in [9.17, 15) is 18.5 Å². The molecule has 3 N–H and O–H groups in total. The summed E-state index contributed by atoms with van der Waals surface area (Å²) >= 11 is 0. The molecule has 0 aliphatic carbocycles. The predicted molar refractivity (Wildman–Crippen MR) is 140 cm³/mol. The van der Waals surface area contributed by atoms with E-state index >= 15 is 4.39 Å². The third-order valence-electron chi connectivity index (χ3n) is 6.43. The van der Waals surface area contributed by atoms with E-state index in [-0.39, 0.29) is 28.5 Å². The number of fused-ring (bicyclic) bond motifs is 1. The Kier molecular flexibility index (Phi) is 8.14. The first-order chi connectivity index (χ1) is 20.1. The van der Waals surface area contributed by atoms with Crippen molar-refractivity contribution in [2.24, 2.45) is 0 Å². The lowest BCUT2D eigenvalue weighted by Crippen LogP contribution is -2.50. The number of rotatable bonds is 11. The Hall–Kier alpha value is -4.11. The van der Waals surface area contributed by atoms with E-state index in [2.05, 4.69) is 15.0 Å². The number of alkyl halides is 3. The molecule has 1 saturated heterocycles. The van der Waals surface area contributed by atoms with Gasteiger partial charge in [-0.05, 0) is 48.5 Å². The third kappa shape index (κ3) is 5.53. The summed E-state index contributed by atoms with van der Waals surface area (Å²) in [5.41, 5.74) is 2.74. The van der Waals surface area contributed by atoms with Crippen molar-refractivity contribution in [2.75, 3.05) is 26.6 Å². The number of hydrogen-bond acceptors (Lipinski definition) is 12. The number of anilines is 1. The number of aromatic nitrogens is 4. The fourth-order valence-electron chi connectivity index (χ4n) is 4.20. The molecule has 17 heteroatoms. The molecule has 224 valence electrons. The number of nitrogens with zero attached hydrogens (tertiary/aromatic N) is 4. The van der Waals surface area contributed by atoms with Crippen LogP contribution in [0.5, 0.6) is 23.0 Å². The average molecular weight is 611 g/mol. The Morgan fingerprint density at radius 3 is 2.07 bits per heavy atom. The van der Waals surface area contributed by atoms with Crippen LogP contribution < -0.4 is 24.3 Å². The molecule has 2 aromatic carbocycles. The molecule has 3 heterocycles. The SMILES string of the molecule is COc1ccc(OP(=O)(OC[C@@]2(C(F)F)O[C@@H](n3cnc4c(N)ncnc43)[C@H](O)[C@H]2F)Oc2ccc(OC)cc2)cc1. The fraction of sp³-hybridized carbons (Fsp3) is 0.320. The van der Waals surface area contributed by atoms with Gasteiger partial charge in [-0.3, -0.25) is 9.09 Å². The number of methoxy groups -OCH3 is 2. The molecule has 0 unspecified atom stereocenters. The van der Waals surface area contributed by atoms with Gasteiger partial charge in [-0.25, -0.2) is 32.7 Å². The molecular formula is C25H25F3N5O8P. The number of hydrogen-bond donors (Lipinski definition) is 2. The molecule has 0 saturated carbocycles. The number of nitrogen functional groups attached to an aromatic ring is 1. The number of benzene rings is 2. The predicted octanol–water partition coefficient (Wildman–Crippen LogP) is 3.94. The van der Waals surface area contributed by atoms with Crippen LogP contribution in [-0.2, 0) is 13.8 Å². The number of imidazole rings is 1. The number of aliphatic hydroxyl groups excluding tert-OH is 1. The van der Waals surface area contributed by atoms with Gasteiger partial charge in [0.1, 0.15) is 40.9 Å². The van der Waals surface area contributed by atoms with Gasteiger partial charge < -0.3 is 34.1 Å². The molecule has 1 aliphatic heterocycles. The number of halogens is 3. The minimum Gasteiger partial charge on any atom is -0.497 e. The lowest BCUT2D eigenvalue weighted by molar-refractivity contribution is -0.182. The smallest absolute Gasteiger partial charge is 0.497 e. The molecule has 0 bridgehead atoms. The molecular weight excluding hydrogens is 586 g/mol. The second-order valence-corrected chi connectivity index (χ2v) is 10.5. The molecule has 1 aliphatic rings. The quantitative estimate of drug-likeness (QED) is 0.235. The highest BCUT2D eigenvalue weighted by Gasteiger charge is 2.63. The summed E-state index contributed by atoms with van der Waals surface area (Å²) in [5.74, 6) is 0.791. The van der Waals surface area contributed by atoms with Crippen molar-refractivity contribution in [1.82, 2.24) is 19.5 Å². The summed E-state index contributed by atoms with van der Waals surface area (Å²) in [6.07, 6.45) is -8.01. The van der Waals surface area contributed by atoms with Crippen LogP contribution in [0.25, 0.3) is 11.2 Å². The zero-order valence-electron chi connectivity index (χ0n) is 22.0. The first kappa shape index (κ1) is 29.4. The lowest BCUT2D eigenvalue weighted by atomic mass is 9.98. The highest BCUT2D eigenvalue weighted by atomic mass is 31.2. The van der Waals surface area contributed by atoms with Crippen molar-refractivity contribution in [2.45, 2.75) is 30.5 Å². The van der Waals surface area contributed by atoms with E-state index in [0.717, 1.165) is 17.2 Å². The van der Waals surface area contributed by atoms with E-state index in [1.807, 2.05) is 0 Å². The Morgan fingerprint density at radius 1 is 1.00 bits per heavy atom. The second-order valence-electron chi connectivity index (χ2n) is 8.99. The van der Waals surface area contributed by atoms with Crippen molar-refractivity contribution in [3.63, 3.8) is 0 Å². The molecule has 0 spiro atoms. The first-order valence-corrected chi connectivity index (χ1v) is 13.7. The molecule has 0 amide bonds. The van der Waals surface area contributed by atoms with Crippen molar-refractivity contribution in [3.05, 3.63) is 61.2 Å². The molecule has 4 aromatic rings. The van der Waals surface area contributed by atoms with Gasteiger partial charge in [-0.2, -0.15) is 0 Å². The number of aliphatic hydroxyl groups is 1. The molecule has 0 radical (unpaired) electrons. The standard InChI is InChI=1S/C25H25F3N5O8P/c1-36-14-3-7-16(8-4-14)40-42(35,41-17-9-5-15(37-2)6-10-17)38-11-25(24(27)28)20(26)19(34)23(39-25)33-13-32-18-21(29)30-12-31-22(18)33/h3-10,12-13,19-20,23-24,34H,11H2,1-2H3,(H2,29,30,31)/t19-,20-,23-,25-/m1/s1. The van der Waals surface area contributed by atoms with Gasteiger partial charge >= 0.3 is 7.82 Å². The van der Waals surface area contributed by atoms with Crippen molar-refractivity contribution < 1.29 is 50.6 Å². The Labute approximate surface area is 236 Å². The van der Waals surface area contributed by atoms with Crippen molar-refractivity contribution in [3.8, 4) is 23.0 Å². The van der Waals surface area contributed by atoms with Gasteiger partial charge in [-0.1, -0.05) is 0 Å². The summed E-state index contributed by atoms with van der Waals surface area (Å²) in [7, 11) is -1.94. The monoisotopic (exact) mass is 611 g/mol. The second kappa shape index (κ2) is 11.6. The molecule has 13 nitrogen and oxygen atoms in total. The van der Waals surface area contributed by atoms with Crippen LogP contribution in [0.4, 0.5) is 19.0 Å². The molecule has 2 aromatic heterocycles. The van der Waals surface area contributed by atoms with Crippen LogP contribution in [-0.4, -0.2) is 69.8 Å².